The zero-order valence-electron chi connectivity index (χ0n) is 15.4. The molecule has 138 valence electrons. The number of rotatable bonds is 7. The molecule has 3 rings (SSSR count). The van der Waals surface area contributed by atoms with E-state index >= 15 is 0 Å². The first-order chi connectivity index (χ1) is 12.6. The van der Waals surface area contributed by atoms with E-state index in [4.69, 9.17) is 9.47 Å². The van der Waals surface area contributed by atoms with Crippen LogP contribution in [-0.2, 0) is 9.53 Å². The van der Waals surface area contributed by atoms with Gasteiger partial charge in [0.25, 0.3) is 0 Å². The summed E-state index contributed by atoms with van der Waals surface area (Å²) in [4.78, 5) is 12.3. The molecule has 1 fully saturated rings. The molecule has 2 aromatic carbocycles. The molecule has 1 aliphatic heterocycles. The van der Waals surface area contributed by atoms with Crippen molar-refractivity contribution in [1.29, 1.82) is 0 Å². The van der Waals surface area contributed by atoms with Crippen LogP contribution >= 0.6 is 0 Å². The molecule has 5 nitrogen and oxygen atoms in total. The zero-order valence-corrected chi connectivity index (χ0v) is 15.4. The van der Waals surface area contributed by atoms with E-state index in [9.17, 15) is 4.79 Å². The third-order valence-corrected chi connectivity index (χ3v) is 4.52. The average molecular weight is 354 g/mol. The molecule has 2 aromatic rings. The minimum atomic E-state index is -0.0867. The SMILES string of the molecule is Cc1cccc(C)c1NC(=O)CNc1ccccc1OCC1CCCO1. The average Bonchev–Trinajstić information content (AvgIpc) is 3.16. The van der Waals surface area contributed by atoms with Crippen LogP contribution in [0.4, 0.5) is 11.4 Å². The molecule has 2 N–H and O–H groups in total. The van der Waals surface area contributed by atoms with Gasteiger partial charge in [0.1, 0.15) is 12.4 Å². The minimum absolute atomic E-state index is 0.0867. The second kappa shape index (κ2) is 8.72. The number of aryl methyl sites for hydroxylation is 2. The van der Waals surface area contributed by atoms with Crippen LogP contribution < -0.4 is 15.4 Å². The van der Waals surface area contributed by atoms with Gasteiger partial charge in [-0.3, -0.25) is 4.79 Å². The Bertz CT molecular complexity index is 734. The van der Waals surface area contributed by atoms with Crippen LogP contribution in [0.15, 0.2) is 42.5 Å². The molecule has 1 atom stereocenters. The number of carbonyl (C=O) groups is 1. The van der Waals surface area contributed by atoms with Gasteiger partial charge in [-0.25, -0.2) is 0 Å². The fourth-order valence-corrected chi connectivity index (χ4v) is 3.07. The van der Waals surface area contributed by atoms with E-state index in [1.807, 2.05) is 56.3 Å². The molecule has 0 aromatic heterocycles. The van der Waals surface area contributed by atoms with Crippen molar-refractivity contribution in [3.63, 3.8) is 0 Å². The molecule has 5 heteroatoms. The van der Waals surface area contributed by atoms with Gasteiger partial charge in [-0.1, -0.05) is 30.3 Å². The van der Waals surface area contributed by atoms with Gasteiger partial charge in [-0.15, -0.1) is 0 Å². The molecule has 1 heterocycles. The number of nitrogens with one attached hydrogen (secondary N) is 2. The lowest BCUT2D eigenvalue weighted by Crippen LogP contribution is -2.23. The van der Waals surface area contributed by atoms with Gasteiger partial charge >= 0.3 is 0 Å². The maximum absolute atomic E-state index is 12.3. The summed E-state index contributed by atoms with van der Waals surface area (Å²) in [6.45, 7) is 5.50. The van der Waals surface area contributed by atoms with Crippen molar-refractivity contribution in [2.24, 2.45) is 0 Å². The van der Waals surface area contributed by atoms with Gasteiger partial charge in [0, 0.05) is 12.3 Å². The van der Waals surface area contributed by atoms with Crippen molar-refractivity contribution >= 4 is 17.3 Å². The van der Waals surface area contributed by atoms with E-state index in [0.717, 1.165) is 47.7 Å². The van der Waals surface area contributed by atoms with Gasteiger partial charge in [-0.2, -0.15) is 0 Å². The second-order valence-corrected chi connectivity index (χ2v) is 6.61. The summed E-state index contributed by atoms with van der Waals surface area (Å²) in [5.74, 6) is 0.652. The number of para-hydroxylation sites is 3. The molecule has 0 aliphatic carbocycles. The number of ether oxygens (including phenoxy) is 2. The van der Waals surface area contributed by atoms with Crippen molar-refractivity contribution in [2.75, 3.05) is 30.4 Å². The lowest BCUT2D eigenvalue weighted by molar-refractivity contribution is -0.114. The Labute approximate surface area is 154 Å². The Morgan fingerprint density at radius 1 is 1.15 bits per heavy atom. The van der Waals surface area contributed by atoms with Gasteiger partial charge in [0.2, 0.25) is 5.91 Å². The van der Waals surface area contributed by atoms with Crippen LogP contribution in [0.3, 0.4) is 0 Å². The molecule has 0 bridgehead atoms. The summed E-state index contributed by atoms with van der Waals surface area (Å²) in [5, 5.41) is 6.15. The molecule has 1 aliphatic rings. The zero-order chi connectivity index (χ0) is 18.4. The topological polar surface area (TPSA) is 59.6 Å². The van der Waals surface area contributed by atoms with Crippen LogP contribution in [0.1, 0.15) is 24.0 Å². The number of amides is 1. The van der Waals surface area contributed by atoms with E-state index in [-0.39, 0.29) is 18.6 Å². The molecule has 1 unspecified atom stereocenters. The van der Waals surface area contributed by atoms with Crippen molar-refractivity contribution in [2.45, 2.75) is 32.8 Å². The minimum Gasteiger partial charge on any atom is -0.489 e. The van der Waals surface area contributed by atoms with Crippen LogP contribution in [0.25, 0.3) is 0 Å². The number of hydrogen-bond acceptors (Lipinski definition) is 4. The molecule has 0 radical (unpaired) electrons. The van der Waals surface area contributed by atoms with Gasteiger partial charge in [0.15, 0.2) is 0 Å². The molecular formula is C21H26N2O3. The van der Waals surface area contributed by atoms with E-state index in [1.165, 1.54) is 0 Å². The third kappa shape index (κ3) is 4.76. The molecule has 1 saturated heterocycles. The third-order valence-electron chi connectivity index (χ3n) is 4.52. The molecule has 0 spiro atoms. The number of benzene rings is 2. The highest BCUT2D eigenvalue weighted by molar-refractivity contribution is 5.95. The number of anilines is 2. The van der Waals surface area contributed by atoms with Crippen molar-refractivity contribution in [1.82, 2.24) is 0 Å². The molecule has 1 amide bonds. The number of carbonyl (C=O) groups excluding carboxylic acids is 1. The summed E-state index contributed by atoms with van der Waals surface area (Å²) in [7, 11) is 0. The molecule has 26 heavy (non-hydrogen) atoms. The Hall–Kier alpha value is -2.53. The Kier molecular flexibility index (Phi) is 6.12. The van der Waals surface area contributed by atoms with Gasteiger partial charge < -0.3 is 20.1 Å². The maximum Gasteiger partial charge on any atom is 0.243 e. The van der Waals surface area contributed by atoms with Gasteiger partial charge in [-0.05, 0) is 49.9 Å². The summed E-state index contributed by atoms with van der Waals surface area (Å²) in [5.41, 5.74) is 3.79. The van der Waals surface area contributed by atoms with Crippen molar-refractivity contribution in [3.8, 4) is 5.75 Å². The first-order valence-electron chi connectivity index (χ1n) is 9.07. The molecule has 0 saturated carbocycles. The van der Waals surface area contributed by atoms with Crippen LogP contribution in [0, 0.1) is 13.8 Å². The van der Waals surface area contributed by atoms with E-state index in [2.05, 4.69) is 10.6 Å². The monoisotopic (exact) mass is 354 g/mol. The normalized spacial score (nSPS) is 16.3. The lowest BCUT2D eigenvalue weighted by Gasteiger charge is -2.16. The van der Waals surface area contributed by atoms with Crippen LogP contribution in [0.5, 0.6) is 5.75 Å². The quantitative estimate of drug-likeness (QED) is 0.791. The smallest absolute Gasteiger partial charge is 0.243 e. The Balaban J connectivity index is 1.56. The number of hydrogen-bond donors (Lipinski definition) is 2. The van der Waals surface area contributed by atoms with E-state index in [0.29, 0.717) is 6.61 Å². The maximum atomic E-state index is 12.3. The van der Waals surface area contributed by atoms with Crippen molar-refractivity contribution in [3.05, 3.63) is 53.6 Å². The first kappa shape index (κ1) is 18.3. The summed E-state index contributed by atoms with van der Waals surface area (Å²) in [6.07, 6.45) is 2.29. The Morgan fingerprint density at radius 3 is 2.65 bits per heavy atom. The van der Waals surface area contributed by atoms with E-state index < -0.39 is 0 Å². The predicted molar refractivity (Wildman–Crippen MR) is 104 cm³/mol. The first-order valence-corrected chi connectivity index (χ1v) is 9.07. The van der Waals surface area contributed by atoms with Gasteiger partial charge in [0.05, 0.1) is 18.3 Å². The summed E-state index contributed by atoms with van der Waals surface area (Å²) >= 11 is 0. The predicted octanol–water partition coefficient (Wildman–Crippen LogP) is 3.91. The standard InChI is InChI=1S/C21H26N2O3/c1-15-7-5-8-16(2)21(15)23-20(24)13-22-18-10-3-4-11-19(18)26-14-17-9-6-12-25-17/h3-5,7-8,10-11,17,22H,6,9,12-14H2,1-2H3,(H,23,24). The fourth-order valence-electron chi connectivity index (χ4n) is 3.07. The highest BCUT2D eigenvalue weighted by atomic mass is 16.5. The highest BCUT2D eigenvalue weighted by Gasteiger charge is 2.17. The second-order valence-electron chi connectivity index (χ2n) is 6.61. The van der Waals surface area contributed by atoms with Crippen molar-refractivity contribution < 1.29 is 14.3 Å². The van der Waals surface area contributed by atoms with Crippen LogP contribution in [0.2, 0.25) is 0 Å². The van der Waals surface area contributed by atoms with Crippen LogP contribution in [-0.4, -0.2) is 31.8 Å². The lowest BCUT2D eigenvalue weighted by atomic mass is 10.1. The Morgan fingerprint density at radius 2 is 1.92 bits per heavy atom. The van der Waals surface area contributed by atoms with E-state index in [1.54, 1.807) is 0 Å². The highest BCUT2D eigenvalue weighted by Crippen LogP contribution is 2.25. The summed E-state index contributed by atoms with van der Waals surface area (Å²) in [6, 6.07) is 13.6. The fraction of sp³-hybridized carbons (Fsp3) is 0.381. The largest absolute Gasteiger partial charge is 0.489 e. The molecular weight excluding hydrogens is 328 g/mol. The summed E-state index contributed by atoms with van der Waals surface area (Å²) < 4.78 is 11.5.